The lowest BCUT2D eigenvalue weighted by Crippen LogP contribution is -2.15. The third kappa shape index (κ3) is 1.91. The molecule has 106 valence electrons. The normalized spacial score (nSPS) is 12.1. The van der Waals surface area contributed by atoms with Gasteiger partial charge in [0.25, 0.3) is 0 Å². The van der Waals surface area contributed by atoms with Gasteiger partial charge in [0, 0.05) is 5.56 Å². The number of nitrogens with zero attached hydrogens (tertiary/aromatic N) is 4. The van der Waals surface area contributed by atoms with Crippen LogP contribution >= 0.6 is 0 Å². The Morgan fingerprint density at radius 1 is 0.909 bits per heavy atom. The van der Waals surface area contributed by atoms with Gasteiger partial charge in [0.05, 0.1) is 5.52 Å². The maximum Gasteiger partial charge on any atom is 0.201 e. The number of benzene rings is 3. The van der Waals surface area contributed by atoms with E-state index in [-0.39, 0.29) is 0 Å². The van der Waals surface area contributed by atoms with Crippen LogP contribution in [-0.4, -0.2) is 26.0 Å². The van der Waals surface area contributed by atoms with Crippen LogP contribution in [0.15, 0.2) is 71.9 Å². The molecule has 5 heteroatoms. The molecule has 3 aromatic carbocycles. The monoisotopic (exact) mass is 288 g/mol. The molecule has 0 radical (unpaired) electrons. The molecule has 0 spiro atoms. The Kier molecular flexibility index (Phi) is 2.83. The lowest BCUT2D eigenvalue weighted by molar-refractivity contribution is 0.316. The van der Waals surface area contributed by atoms with Crippen LogP contribution in [0.5, 0.6) is 0 Å². The molecule has 0 unspecified atom stereocenters. The van der Waals surface area contributed by atoms with Gasteiger partial charge in [0.2, 0.25) is 5.84 Å². The zero-order chi connectivity index (χ0) is 14.9. The Bertz CT molecular complexity index is 989. The molecule has 0 saturated carbocycles. The molecule has 0 amide bonds. The Hall–Kier alpha value is -3.21. The minimum Gasteiger partial charge on any atom is -0.409 e. The lowest BCUT2D eigenvalue weighted by Gasteiger charge is -2.05. The fourth-order valence-corrected chi connectivity index (χ4v) is 2.57. The second kappa shape index (κ2) is 4.96. The zero-order valence-electron chi connectivity index (χ0n) is 11.6. The second-order valence-electron chi connectivity index (χ2n) is 4.98. The fourth-order valence-electron chi connectivity index (χ4n) is 2.57. The van der Waals surface area contributed by atoms with Crippen LogP contribution in [0.1, 0.15) is 5.56 Å². The fraction of sp³-hybridized carbons (Fsp3) is 0. The first-order chi connectivity index (χ1) is 10.9. The van der Waals surface area contributed by atoms with Gasteiger partial charge in [-0.3, -0.25) is 0 Å². The van der Waals surface area contributed by atoms with Crippen molar-refractivity contribution in [3.63, 3.8) is 0 Å². The molecule has 0 aliphatic carbocycles. The minimum absolute atomic E-state index is 0.346. The van der Waals surface area contributed by atoms with Gasteiger partial charge in [-0.05, 0) is 22.9 Å². The van der Waals surface area contributed by atoms with Gasteiger partial charge in [-0.1, -0.05) is 65.0 Å². The van der Waals surface area contributed by atoms with E-state index in [1.807, 2.05) is 66.7 Å². The third-order valence-corrected chi connectivity index (χ3v) is 3.64. The average Bonchev–Trinajstić information content (AvgIpc) is 2.97. The van der Waals surface area contributed by atoms with Crippen molar-refractivity contribution in [2.24, 2.45) is 5.16 Å². The number of aromatic nitrogens is 3. The van der Waals surface area contributed by atoms with Gasteiger partial charge in [-0.15, -0.1) is 5.10 Å². The zero-order valence-corrected chi connectivity index (χ0v) is 11.6. The van der Waals surface area contributed by atoms with E-state index in [4.69, 9.17) is 0 Å². The SMILES string of the molecule is O/N=C(/c1ccccc1)n1nnc2cc3ccccc3cc21. The van der Waals surface area contributed by atoms with E-state index in [1.165, 1.54) is 0 Å². The molecule has 0 bridgehead atoms. The largest absolute Gasteiger partial charge is 0.409 e. The molecule has 0 aliphatic rings. The first-order valence-electron chi connectivity index (χ1n) is 6.89. The first-order valence-corrected chi connectivity index (χ1v) is 6.89. The summed E-state index contributed by atoms with van der Waals surface area (Å²) in [5.41, 5.74) is 2.33. The standard InChI is InChI=1S/C17H12N4O/c22-19-17(12-6-2-1-3-7-12)21-16-11-14-9-5-4-8-13(14)10-15(16)18-20-21/h1-11,22H/b19-17-. The van der Waals surface area contributed by atoms with Gasteiger partial charge < -0.3 is 5.21 Å². The molecule has 1 heterocycles. The van der Waals surface area contributed by atoms with Crippen molar-refractivity contribution < 1.29 is 5.21 Å². The van der Waals surface area contributed by atoms with Crippen LogP contribution in [0.4, 0.5) is 0 Å². The smallest absolute Gasteiger partial charge is 0.201 e. The van der Waals surface area contributed by atoms with Crippen molar-refractivity contribution in [1.82, 2.24) is 15.0 Å². The van der Waals surface area contributed by atoms with Crippen molar-refractivity contribution in [2.45, 2.75) is 0 Å². The van der Waals surface area contributed by atoms with E-state index in [1.54, 1.807) is 4.68 Å². The van der Waals surface area contributed by atoms with Crippen LogP contribution in [0.25, 0.3) is 21.8 Å². The van der Waals surface area contributed by atoms with Crippen molar-refractivity contribution in [1.29, 1.82) is 0 Å². The van der Waals surface area contributed by atoms with Crippen molar-refractivity contribution in [2.75, 3.05) is 0 Å². The lowest BCUT2D eigenvalue weighted by atomic mass is 10.1. The van der Waals surface area contributed by atoms with Crippen LogP contribution in [0, 0.1) is 0 Å². The first kappa shape index (κ1) is 12.5. The number of hydrogen-bond acceptors (Lipinski definition) is 4. The van der Waals surface area contributed by atoms with E-state index in [0.29, 0.717) is 5.84 Å². The summed E-state index contributed by atoms with van der Waals surface area (Å²) in [6.45, 7) is 0. The Labute approximate surface area is 126 Å². The molecule has 1 aromatic heterocycles. The maximum absolute atomic E-state index is 9.42. The summed E-state index contributed by atoms with van der Waals surface area (Å²) in [7, 11) is 0. The Balaban J connectivity index is 1.97. The number of fused-ring (bicyclic) bond motifs is 2. The summed E-state index contributed by atoms with van der Waals surface area (Å²) in [6, 6.07) is 21.4. The van der Waals surface area contributed by atoms with Crippen LogP contribution < -0.4 is 0 Å². The molecule has 4 aromatic rings. The number of rotatable bonds is 1. The topological polar surface area (TPSA) is 63.3 Å². The predicted octanol–water partition coefficient (Wildman–Crippen LogP) is 3.27. The summed E-state index contributed by atoms with van der Waals surface area (Å²) in [4.78, 5) is 0. The van der Waals surface area contributed by atoms with Gasteiger partial charge in [-0.2, -0.15) is 4.68 Å². The summed E-state index contributed by atoms with van der Waals surface area (Å²) in [6.07, 6.45) is 0. The predicted molar refractivity (Wildman–Crippen MR) is 85.2 cm³/mol. The van der Waals surface area contributed by atoms with Crippen molar-refractivity contribution in [3.8, 4) is 0 Å². The summed E-state index contributed by atoms with van der Waals surface area (Å²) >= 11 is 0. The number of oxime groups is 1. The van der Waals surface area contributed by atoms with Gasteiger partial charge in [0.15, 0.2) is 0 Å². The molecule has 0 aliphatic heterocycles. The van der Waals surface area contributed by atoms with E-state index >= 15 is 0 Å². The van der Waals surface area contributed by atoms with Crippen LogP contribution in [0.2, 0.25) is 0 Å². The Morgan fingerprint density at radius 2 is 1.59 bits per heavy atom. The van der Waals surface area contributed by atoms with E-state index in [9.17, 15) is 5.21 Å². The second-order valence-corrected chi connectivity index (χ2v) is 4.98. The summed E-state index contributed by atoms with van der Waals surface area (Å²) < 4.78 is 1.55. The van der Waals surface area contributed by atoms with Crippen molar-refractivity contribution in [3.05, 3.63) is 72.3 Å². The summed E-state index contributed by atoms with van der Waals surface area (Å²) in [5.74, 6) is 0.346. The molecular formula is C17H12N4O. The maximum atomic E-state index is 9.42. The molecule has 22 heavy (non-hydrogen) atoms. The molecule has 0 saturated heterocycles. The van der Waals surface area contributed by atoms with E-state index in [2.05, 4.69) is 15.5 Å². The highest BCUT2D eigenvalue weighted by Crippen LogP contribution is 2.21. The van der Waals surface area contributed by atoms with Crippen molar-refractivity contribution >= 4 is 27.6 Å². The Morgan fingerprint density at radius 3 is 2.32 bits per heavy atom. The van der Waals surface area contributed by atoms with Crippen LogP contribution in [0.3, 0.4) is 0 Å². The molecule has 5 nitrogen and oxygen atoms in total. The van der Waals surface area contributed by atoms with Gasteiger partial charge in [-0.25, -0.2) is 0 Å². The highest BCUT2D eigenvalue weighted by atomic mass is 16.4. The van der Waals surface area contributed by atoms with E-state index in [0.717, 1.165) is 27.4 Å². The van der Waals surface area contributed by atoms with E-state index < -0.39 is 0 Å². The molecule has 0 fully saturated rings. The van der Waals surface area contributed by atoms with Gasteiger partial charge >= 0.3 is 0 Å². The third-order valence-electron chi connectivity index (χ3n) is 3.64. The molecule has 0 atom stereocenters. The molecule has 4 rings (SSSR count). The molecular weight excluding hydrogens is 276 g/mol. The number of hydrogen-bond donors (Lipinski definition) is 1. The minimum atomic E-state index is 0.346. The van der Waals surface area contributed by atoms with Gasteiger partial charge in [0.1, 0.15) is 5.52 Å². The molecule has 1 N–H and O–H groups in total. The summed E-state index contributed by atoms with van der Waals surface area (Å²) in [5, 5.41) is 23.3. The average molecular weight is 288 g/mol. The van der Waals surface area contributed by atoms with Crippen LogP contribution in [-0.2, 0) is 0 Å². The highest BCUT2D eigenvalue weighted by Gasteiger charge is 2.13. The quantitative estimate of drug-likeness (QED) is 0.253. The highest BCUT2D eigenvalue weighted by molar-refractivity contribution is 6.05.